The molecule has 6 heteroatoms. The number of hydrogen-bond acceptors (Lipinski definition) is 5. The molecule has 1 amide bonds. The van der Waals surface area contributed by atoms with Crippen LogP contribution in [0.2, 0.25) is 0 Å². The Bertz CT molecular complexity index is 1200. The van der Waals surface area contributed by atoms with E-state index in [1.807, 2.05) is 48.5 Å². The number of rotatable bonds is 10. The first kappa shape index (κ1) is 23.5. The third-order valence-corrected chi connectivity index (χ3v) is 6.64. The maximum absolute atomic E-state index is 13.3. The molecule has 3 aromatic rings. The Labute approximate surface area is 204 Å². The number of anilines is 1. The van der Waals surface area contributed by atoms with Gasteiger partial charge in [-0.15, -0.1) is 11.3 Å². The van der Waals surface area contributed by atoms with E-state index in [4.69, 9.17) is 14.5 Å². The summed E-state index contributed by atoms with van der Waals surface area (Å²) in [6.07, 6.45) is 9.27. The number of thiophene rings is 1. The number of hydrogen-bond donors (Lipinski definition) is 1. The average molecular weight is 473 g/mol. The van der Waals surface area contributed by atoms with Gasteiger partial charge in [-0.3, -0.25) is 4.79 Å². The van der Waals surface area contributed by atoms with Crippen LogP contribution in [0.1, 0.15) is 39.2 Å². The molecule has 1 aliphatic carbocycles. The normalized spacial score (nSPS) is 12.7. The number of benzene rings is 2. The third kappa shape index (κ3) is 5.64. The monoisotopic (exact) mass is 472 g/mol. The van der Waals surface area contributed by atoms with Gasteiger partial charge >= 0.3 is 0 Å². The maximum atomic E-state index is 13.3. The van der Waals surface area contributed by atoms with Gasteiger partial charge in [0.25, 0.3) is 5.91 Å². The van der Waals surface area contributed by atoms with Crippen LogP contribution in [0.3, 0.4) is 0 Å². The Morgan fingerprint density at radius 2 is 1.79 bits per heavy atom. The van der Waals surface area contributed by atoms with Crippen molar-refractivity contribution in [1.29, 1.82) is 0 Å². The fourth-order valence-electron chi connectivity index (χ4n) is 3.86. The lowest BCUT2D eigenvalue weighted by Gasteiger charge is -2.13. The smallest absolute Gasteiger partial charge is 0.259 e. The highest BCUT2D eigenvalue weighted by molar-refractivity contribution is 7.16. The molecule has 0 atom stereocenters. The standard InChI is InChI=1S/C28H28N2O3S/c1-3-16-32-22-15-14-20(24(18-22)33-17-4-2)19-29-28-26(23-12-8-9-13-25(23)34-28)27(31)30-21-10-6-5-7-11-21/h3-7,10-11,14-15,18-19H,1-2,8-9,12-13,16-17H2,(H,30,31). The van der Waals surface area contributed by atoms with Gasteiger partial charge in [0, 0.05) is 28.4 Å². The molecular weight excluding hydrogens is 444 g/mol. The lowest BCUT2D eigenvalue weighted by Crippen LogP contribution is -2.14. The molecule has 1 aliphatic rings. The third-order valence-electron chi connectivity index (χ3n) is 5.44. The molecule has 34 heavy (non-hydrogen) atoms. The number of para-hydroxylation sites is 1. The van der Waals surface area contributed by atoms with Crippen molar-refractivity contribution in [3.63, 3.8) is 0 Å². The first-order valence-corrected chi connectivity index (χ1v) is 12.2. The summed E-state index contributed by atoms with van der Waals surface area (Å²) in [6.45, 7) is 8.19. The van der Waals surface area contributed by atoms with E-state index in [9.17, 15) is 4.79 Å². The largest absolute Gasteiger partial charge is 0.489 e. The molecule has 0 spiro atoms. The number of ether oxygens (including phenoxy) is 2. The molecule has 1 aromatic heterocycles. The molecule has 0 saturated heterocycles. The van der Waals surface area contributed by atoms with Crippen molar-refractivity contribution in [2.75, 3.05) is 18.5 Å². The second-order valence-electron chi connectivity index (χ2n) is 7.87. The summed E-state index contributed by atoms with van der Waals surface area (Å²) in [5.74, 6) is 1.21. The van der Waals surface area contributed by atoms with Gasteiger partial charge in [-0.1, -0.05) is 43.5 Å². The van der Waals surface area contributed by atoms with Crippen molar-refractivity contribution in [2.45, 2.75) is 25.7 Å². The maximum Gasteiger partial charge on any atom is 0.259 e. The summed E-state index contributed by atoms with van der Waals surface area (Å²) in [7, 11) is 0. The summed E-state index contributed by atoms with van der Waals surface area (Å²) in [5, 5.41) is 3.76. The Hall–Kier alpha value is -3.64. The highest BCUT2D eigenvalue weighted by Gasteiger charge is 2.25. The fraction of sp³-hybridized carbons (Fsp3) is 0.214. The van der Waals surface area contributed by atoms with Crippen LogP contribution in [0.15, 0.2) is 78.8 Å². The predicted molar refractivity (Wildman–Crippen MR) is 140 cm³/mol. The van der Waals surface area contributed by atoms with Gasteiger partial charge in [0.15, 0.2) is 0 Å². The summed E-state index contributed by atoms with van der Waals surface area (Å²) >= 11 is 1.61. The fourth-order valence-corrected chi connectivity index (χ4v) is 5.09. The molecule has 1 heterocycles. The molecule has 0 unspecified atom stereocenters. The van der Waals surface area contributed by atoms with Gasteiger partial charge in [-0.05, 0) is 55.5 Å². The van der Waals surface area contributed by atoms with Crippen LogP contribution in [0, 0.1) is 0 Å². The van der Waals surface area contributed by atoms with E-state index in [0.717, 1.165) is 47.5 Å². The van der Waals surface area contributed by atoms with Crippen LogP contribution in [0.4, 0.5) is 10.7 Å². The summed E-state index contributed by atoms with van der Waals surface area (Å²) in [4.78, 5) is 19.3. The molecule has 1 N–H and O–H groups in total. The van der Waals surface area contributed by atoms with E-state index in [1.165, 1.54) is 4.88 Å². The van der Waals surface area contributed by atoms with Gasteiger partial charge in [-0.2, -0.15) is 0 Å². The number of fused-ring (bicyclic) bond motifs is 1. The average Bonchev–Trinajstić information content (AvgIpc) is 3.24. The highest BCUT2D eigenvalue weighted by Crippen LogP contribution is 2.40. The second-order valence-corrected chi connectivity index (χ2v) is 8.95. The van der Waals surface area contributed by atoms with Crippen molar-refractivity contribution in [1.82, 2.24) is 0 Å². The van der Waals surface area contributed by atoms with E-state index in [1.54, 1.807) is 29.7 Å². The van der Waals surface area contributed by atoms with Crippen molar-refractivity contribution >= 4 is 34.1 Å². The number of carbonyl (C=O) groups excluding carboxylic acids is 1. The number of nitrogens with zero attached hydrogens (tertiary/aromatic N) is 1. The molecular formula is C28H28N2O3S. The number of nitrogens with one attached hydrogen (secondary N) is 1. The molecule has 0 aliphatic heterocycles. The van der Waals surface area contributed by atoms with E-state index < -0.39 is 0 Å². The van der Waals surface area contributed by atoms with Gasteiger partial charge in [0.2, 0.25) is 0 Å². The zero-order chi connectivity index (χ0) is 23.8. The van der Waals surface area contributed by atoms with Crippen LogP contribution < -0.4 is 14.8 Å². The zero-order valence-corrected chi connectivity index (χ0v) is 19.9. The lowest BCUT2D eigenvalue weighted by molar-refractivity contribution is 0.102. The summed E-state index contributed by atoms with van der Waals surface area (Å²) in [5.41, 5.74) is 3.38. The van der Waals surface area contributed by atoms with Crippen molar-refractivity contribution in [2.24, 2.45) is 4.99 Å². The highest BCUT2D eigenvalue weighted by atomic mass is 32.1. The van der Waals surface area contributed by atoms with Gasteiger partial charge in [0.05, 0.1) is 5.56 Å². The topological polar surface area (TPSA) is 59.9 Å². The minimum absolute atomic E-state index is 0.117. The van der Waals surface area contributed by atoms with Gasteiger partial charge in [-0.25, -0.2) is 4.99 Å². The van der Waals surface area contributed by atoms with Crippen LogP contribution in [-0.2, 0) is 12.8 Å². The Morgan fingerprint density at radius 3 is 2.59 bits per heavy atom. The Morgan fingerprint density at radius 1 is 1.03 bits per heavy atom. The number of carbonyl (C=O) groups is 1. The predicted octanol–water partition coefficient (Wildman–Crippen LogP) is 6.76. The van der Waals surface area contributed by atoms with Gasteiger partial charge in [0.1, 0.15) is 29.7 Å². The SMILES string of the molecule is C=CCOc1ccc(C=Nc2sc3c(c2C(=O)Nc2ccccc2)CCCC3)c(OCC=C)c1. The van der Waals surface area contributed by atoms with Crippen LogP contribution in [-0.4, -0.2) is 25.3 Å². The minimum atomic E-state index is -0.117. The van der Waals surface area contributed by atoms with E-state index in [0.29, 0.717) is 30.3 Å². The first-order chi connectivity index (χ1) is 16.7. The van der Waals surface area contributed by atoms with Crippen LogP contribution in [0.25, 0.3) is 0 Å². The van der Waals surface area contributed by atoms with E-state index >= 15 is 0 Å². The lowest BCUT2D eigenvalue weighted by atomic mass is 9.95. The minimum Gasteiger partial charge on any atom is -0.489 e. The van der Waals surface area contributed by atoms with Gasteiger partial charge < -0.3 is 14.8 Å². The first-order valence-electron chi connectivity index (χ1n) is 11.4. The van der Waals surface area contributed by atoms with E-state index in [-0.39, 0.29) is 5.91 Å². The molecule has 2 aromatic carbocycles. The molecule has 0 radical (unpaired) electrons. The number of aryl methyl sites for hydroxylation is 1. The quantitative estimate of drug-likeness (QED) is 0.262. The van der Waals surface area contributed by atoms with Crippen LogP contribution >= 0.6 is 11.3 Å². The van der Waals surface area contributed by atoms with Crippen molar-refractivity contribution in [3.8, 4) is 11.5 Å². The van der Waals surface area contributed by atoms with E-state index in [2.05, 4.69) is 18.5 Å². The molecule has 0 saturated carbocycles. The Kier molecular flexibility index (Phi) is 7.94. The van der Waals surface area contributed by atoms with Crippen molar-refractivity contribution in [3.05, 3.63) is 95.4 Å². The molecule has 174 valence electrons. The molecule has 0 fully saturated rings. The zero-order valence-electron chi connectivity index (χ0n) is 19.1. The summed E-state index contributed by atoms with van der Waals surface area (Å²) < 4.78 is 11.5. The summed E-state index contributed by atoms with van der Waals surface area (Å²) in [6, 6.07) is 15.1. The van der Waals surface area contributed by atoms with Crippen LogP contribution in [0.5, 0.6) is 11.5 Å². The van der Waals surface area contributed by atoms with Crippen molar-refractivity contribution < 1.29 is 14.3 Å². The Balaban J connectivity index is 1.66. The molecule has 0 bridgehead atoms. The molecule has 5 nitrogen and oxygen atoms in total. The molecule has 4 rings (SSSR count). The number of amides is 1. The number of aliphatic imine (C=N–C) groups is 1. The second kappa shape index (κ2) is 11.5.